The van der Waals surface area contributed by atoms with Crippen LogP contribution in [-0.4, -0.2) is 36.3 Å². The molecule has 5 N–H and O–H groups in total. The summed E-state index contributed by atoms with van der Waals surface area (Å²) in [5.41, 5.74) is 11.5. The number of guanidine groups is 1. The van der Waals surface area contributed by atoms with Crippen LogP contribution >= 0.6 is 0 Å². The van der Waals surface area contributed by atoms with Gasteiger partial charge in [-0.1, -0.05) is 13.8 Å². The minimum Gasteiger partial charge on any atom is -0.370 e. The molecule has 1 saturated heterocycles. The van der Waals surface area contributed by atoms with Crippen molar-refractivity contribution < 1.29 is 4.74 Å². The monoisotopic (exact) mass is 228 g/mol. The molecule has 16 heavy (non-hydrogen) atoms. The third kappa shape index (κ3) is 3.64. The lowest BCUT2D eigenvalue weighted by Gasteiger charge is -2.39. The fourth-order valence-electron chi connectivity index (χ4n) is 1.89. The molecule has 94 valence electrons. The summed E-state index contributed by atoms with van der Waals surface area (Å²) in [6, 6.07) is -0.0372. The van der Waals surface area contributed by atoms with Gasteiger partial charge in [-0.25, -0.2) is 0 Å². The van der Waals surface area contributed by atoms with Crippen LogP contribution in [0.2, 0.25) is 0 Å². The highest BCUT2D eigenvalue weighted by atomic mass is 16.5. The molecular weight excluding hydrogens is 204 g/mol. The Kier molecular flexibility index (Phi) is 5.02. The summed E-state index contributed by atoms with van der Waals surface area (Å²) < 4.78 is 5.76. The van der Waals surface area contributed by atoms with Gasteiger partial charge in [-0.05, 0) is 25.2 Å². The lowest BCUT2D eigenvalue weighted by molar-refractivity contribution is -0.0622. The zero-order valence-electron chi connectivity index (χ0n) is 10.3. The Morgan fingerprint density at radius 3 is 2.81 bits per heavy atom. The van der Waals surface area contributed by atoms with Crippen molar-refractivity contribution in [2.24, 2.45) is 17.4 Å². The minimum atomic E-state index is -0.218. The van der Waals surface area contributed by atoms with Gasteiger partial charge in [0.15, 0.2) is 5.96 Å². The zero-order valence-corrected chi connectivity index (χ0v) is 10.3. The van der Waals surface area contributed by atoms with Gasteiger partial charge in [-0.2, -0.15) is 0 Å². The summed E-state index contributed by atoms with van der Waals surface area (Å²) in [6.45, 7) is 5.77. The van der Waals surface area contributed by atoms with Crippen LogP contribution < -0.4 is 11.5 Å². The summed E-state index contributed by atoms with van der Waals surface area (Å²) in [5, 5.41) is 7.50. The van der Waals surface area contributed by atoms with E-state index >= 15 is 0 Å². The third-order valence-electron chi connectivity index (χ3n) is 2.90. The molecule has 1 aliphatic heterocycles. The van der Waals surface area contributed by atoms with Gasteiger partial charge >= 0.3 is 0 Å². The molecule has 1 aliphatic rings. The Balaban J connectivity index is 2.47. The van der Waals surface area contributed by atoms with E-state index in [1.807, 2.05) is 0 Å². The van der Waals surface area contributed by atoms with Crippen molar-refractivity contribution in [3.8, 4) is 0 Å². The molecule has 0 spiro atoms. The first-order valence-electron chi connectivity index (χ1n) is 6.00. The number of nitrogens with zero attached hydrogens (tertiary/aromatic N) is 1. The molecular formula is C11H24N4O. The molecule has 5 nitrogen and oxygen atoms in total. The molecule has 0 unspecified atom stereocenters. The summed E-state index contributed by atoms with van der Waals surface area (Å²) in [4.78, 5) is 1.76. The molecule has 5 heteroatoms. The Labute approximate surface area is 97.6 Å². The predicted octanol–water partition coefficient (Wildman–Crippen LogP) is 0.692. The molecule has 1 heterocycles. The molecule has 0 radical (unpaired) electrons. The number of piperidine rings is 1. The van der Waals surface area contributed by atoms with E-state index in [1.165, 1.54) is 0 Å². The quantitative estimate of drug-likeness (QED) is 0.488. The van der Waals surface area contributed by atoms with E-state index in [-0.39, 0.29) is 18.2 Å². The number of likely N-dealkylation sites (tertiary alicyclic amines) is 1. The third-order valence-corrected chi connectivity index (χ3v) is 2.90. The van der Waals surface area contributed by atoms with E-state index in [0.29, 0.717) is 12.5 Å². The standard InChI is InChI=1S/C11H24N4O/c1-8(2)5-7-16-10-9(12)4-3-6-15(10)11(13)14/h8-10H,3-7,12H2,1-2H3,(H3,13,14)/t9-,10+/m0/s1. The van der Waals surface area contributed by atoms with Gasteiger partial charge in [0.2, 0.25) is 0 Å². The predicted molar refractivity (Wildman–Crippen MR) is 65.0 cm³/mol. The number of nitrogens with one attached hydrogen (secondary N) is 1. The second-order valence-electron chi connectivity index (χ2n) is 4.83. The summed E-state index contributed by atoms with van der Waals surface area (Å²) >= 11 is 0. The number of hydrogen-bond donors (Lipinski definition) is 3. The Morgan fingerprint density at radius 2 is 2.25 bits per heavy atom. The van der Waals surface area contributed by atoms with Crippen LogP contribution in [0.15, 0.2) is 0 Å². The molecule has 1 fully saturated rings. The molecule has 0 bridgehead atoms. The number of ether oxygens (including phenoxy) is 1. The first-order valence-corrected chi connectivity index (χ1v) is 6.00. The molecule has 0 aromatic carbocycles. The molecule has 2 atom stereocenters. The van der Waals surface area contributed by atoms with Crippen molar-refractivity contribution in [3.63, 3.8) is 0 Å². The van der Waals surface area contributed by atoms with Gasteiger partial charge in [-0.15, -0.1) is 0 Å². The SMILES string of the molecule is CC(C)CCO[C@@H]1[C@@H](N)CCCN1C(=N)N. The highest BCUT2D eigenvalue weighted by molar-refractivity contribution is 5.75. The molecule has 0 amide bonds. The van der Waals surface area contributed by atoms with Gasteiger partial charge in [0.05, 0.1) is 0 Å². The van der Waals surface area contributed by atoms with E-state index in [2.05, 4.69) is 13.8 Å². The molecule has 0 aromatic heterocycles. The second kappa shape index (κ2) is 6.06. The van der Waals surface area contributed by atoms with Crippen molar-refractivity contribution in [2.75, 3.05) is 13.2 Å². The smallest absolute Gasteiger partial charge is 0.190 e. The van der Waals surface area contributed by atoms with E-state index in [4.69, 9.17) is 21.6 Å². The molecule has 0 saturated carbocycles. The van der Waals surface area contributed by atoms with Crippen molar-refractivity contribution in [3.05, 3.63) is 0 Å². The van der Waals surface area contributed by atoms with Crippen LogP contribution in [-0.2, 0) is 4.74 Å². The van der Waals surface area contributed by atoms with Gasteiger partial charge in [0, 0.05) is 19.2 Å². The fourth-order valence-corrected chi connectivity index (χ4v) is 1.89. The number of hydrogen-bond acceptors (Lipinski definition) is 3. The van der Waals surface area contributed by atoms with Crippen molar-refractivity contribution in [1.82, 2.24) is 4.90 Å². The zero-order chi connectivity index (χ0) is 12.1. The van der Waals surface area contributed by atoms with Crippen LogP contribution in [0.4, 0.5) is 0 Å². The van der Waals surface area contributed by atoms with E-state index in [0.717, 1.165) is 25.8 Å². The van der Waals surface area contributed by atoms with Crippen molar-refractivity contribution in [1.29, 1.82) is 5.41 Å². The van der Waals surface area contributed by atoms with E-state index < -0.39 is 0 Å². The van der Waals surface area contributed by atoms with E-state index in [1.54, 1.807) is 4.90 Å². The maximum atomic E-state index is 7.50. The fraction of sp³-hybridized carbons (Fsp3) is 0.909. The Bertz CT molecular complexity index is 232. The Hall–Kier alpha value is -0.810. The van der Waals surface area contributed by atoms with Crippen molar-refractivity contribution >= 4 is 5.96 Å². The lowest BCUT2D eigenvalue weighted by Crippen LogP contribution is -2.57. The van der Waals surface area contributed by atoms with Crippen LogP contribution in [0, 0.1) is 11.3 Å². The average molecular weight is 228 g/mol. The minimum absolute atomic E-state index is 0.0372. The largest absolute Gasteiger partial charge is 0.370 e. The van der Waals surface area contributed by atoms with Gasteiger partial charge in [0.25, 0.3) is 0 Å². The van der Waals surface area contributed by atoms with E-state index in [9.17, 15) is 0 Å². The summed E-state index contributed by atoms with van der Waals surface area (Å²) in [7, 11) is 0. The lowest BCUT2D eigenvalue weighted by atomic mass is 10.0. The Morgan fingerprint density at radius 1 is 1.56 bits per heavy atom. The van der Waals surface area contributed by atoms with Crippen LogP contribution in [0.3, 0.4) is 0 Å². The van der Waals surface area contributed by atoms with Gasteiger partial charge in [-0.3, -0.25) is 5.41 Å². The molecule has 0 aromatic rings. The maximum absolute atomic E-state index is 7.50. The highest BCUT2D eigenvalue weighted by Crippen LogP contribution is 2.17. The molecule has 0 aliphatic carbocycles. The topological polar surface area (TPSA) is 88.4 Å². The first kappa shape index (κ1) is 13.3. The van der Waals surface area contributed by atoms with Crippen LogP contribution in [0.25, 0.3) is 0 Å². The first-order chi connectivity index (χ1) is 7.52. The van der Waals surface area contributed by atoms with Gasteiger partial charge < -0.3 is 21.1 Å². The summed E-state index contributed by atoms with van der Waals surface area (Å²) in [6.07, 6.45) is 2.71. The second-order valence-corrected chi connectivity index (χ2v) is 4.83. The molecule has 1 rings (SSSR count). The highest BCUT2D eigenvalue weighted by Gasteiger charge is 2.30. The van der Waals surface area contributed by atoms with Gasteiger partial charge in [0.1, 0.15) is 6.23 Å². The normalized spacial score (nSPS) is 26.1. The summed E-state index contributed by atoms with van der Waals surface area (Å²) in [5.74, 6) is 0.676. The van der Waals surface area contributed by atoms with Crippen molar-refractivity contribution in [2.45, 2.75) is 45.4 Å². The number of rotatable bonds is 4. The van der Waals surface area contributed by atoms with Crippen LogP contribution in [0.5, 0.6) is 0 Å². The maximum Gasteiger partial charge on any atom is 0.190 e. The average Bonchev–Trinajstić information content (AvgIpc) is 2.19. The number of nitrogens with two attached hydrogens (primary N) is 2. The van der Waals surface area contributed by atoms with Crippen LogP contribution in [0.1, 0.15) is 33.1 Å².